The summed E-state index contributed by atoms with van der Waals surface area (Å²) in [4.78, 5) is 17.0. The van der Waals surface area contributed by atoms with Gasteiger partial charge in [-0.3, -0.25) is 9.36 Å². The molecule has 7 nitrogen and oxygen atoms in total. The molecule has 0 aliphatic carbocycles. The smallest absolute Gasteiger partial charge is 0.233 e. The van der Waals surface area contributed by atoms with Crippen LogP contribution in [0, 0.1) is 0 Å². The molecule has 0 spiro atoms. The number of furan rings is 1. The van der Waals surface area contributed by atoms with Crippen LogP contribution in [-0.4, -0.2) is 69.5 Å². The monoisotopic (exact) mass is 425 g/mol. The molecule has 1 aliphatic heterocycles. The van der Waals surface area contributed by atoms with Crippen molar-refractivity contribution in [1.82, 2.24) is 24.6 Å². The minimum Gasteiger partial charge on any atom is -0.461 e. The molecule has 8 heteroatoms. The van der Waals surface area contributed by atoms with E-state index in [4.69, 9.17) is 4.42 Å². The van der Waals surface area contributed by atoms with Gasteiger partial charge in [-0.05, 0) is 50.7 Å². The quantitative estimate of drug-likeness (QED) is 0.542. The lowest BCUT2D eigenvalue weighted by Gasteiger charge is -2.35. The van der Waals surface area contributed by atoms with Crippen LogP contribution in [0.4, 0.5) is 0 Å². The molecule has 1 fully saturated rings. The van der Waals surface area contributed by atoms with Crippen LogP contribution < -0.4 is 0 Å². The Morgan fingerprint density at radius 2 is 1.93 bits per heavy atom. The fourth-order valence-electron chi connectivity index (χ4n) is 3.71. The number of benzene rings is 1. The van der Waals surface area contributed by atoms with Gasteiger partial charge < -0.3 is 14.2 Å². The average molecular weight is 426 g/mol. The van der Waals surface area contributed by atoms with Crippen LogP contribution in [0.3, 0.4) is 0 Å². The zero-order chi connectivity index (χ0) is 20.9. The number of hydrogen-bond acceptors (Lipinski definition) is 6. The van der Waals surface area contributed by atoms with E-state index in [0.717, 1.165) is 36.7 Å². The summed E-state index contributed by atoms with van der Waals surface area (Å²) >= 11 is 1.43. The highest BCUT2D eigenvalue weighted by Gasteiger charge is 2.25. The van der Waals surface area contributed by atoms with Crippen LogP contribution in [0.1, 0.15) is 18.4 Å². The summed E-state index contributed by atoms with van der Waals surface area (Å²) in [5.41, 5.74) is 1.14. The van der Waals surface area contributed by atoms with Crippen molar-refractivity contribution in [2.24, 2.45) is 0 Å². The number of likely N-dealkylation sites (tertiary alicyclic amines) is 1. The van der Waals surface area contributed by atoms with Crippen molar-refractivity contribution < 1.29 is 9.21 Å². The van der Waals surface area contributed by atoms with E-state index < -0.39 is 0 Å². The second kappa shape index (κ2) is 9.49. The molecule has 0 saturated carbocycles. The van der Waals surface area contributed by atoms with Crippen molar-refractivity contribution in [2.75, 3.05) is 32.9 Å². The van der Waals surface area contributed by atoms with E-state index in [1.165, 1.54) is 11.8 Å². The van der Waals surface area contributed by atoms with Crippen LogP contribution >= 0.6 is 11.8 Å². The van der Waals surface area contributed by atoms with E-state index in [2.05, 4.69) is 34.3 Å². The summed E-state index contributed by atoms with van der Waals surface area (Å²) in [6.45, 7) is 2.69. The Bertz CT molecular complexity index is 949. The topological polar surface area (TPSA) is 67.4 Å². The number of piperidine rings is 1. The predicted molar refractivity (Wildman–Crippen MR) is 117 cm³/mol. The third-order valence-corrected chi connectivity index (χ3v) is 6.55. The molecule has 0 unspecified atom stereocenters. The molecule has 30 heavy (non-hydrogen) atoms. The first kappa shape index (κ1) is 20.7. The highest BCUT2D eigenvalue weighted by molar-refractivity contribution is 7.99. The summed E-state index contributed by atoms with van der Waals surface area (Å²) < 4.78 is 7.57. The van der Waals surface area contributed by atoms with Crippen molar-refractivity contribution in [3.05, 3.63) is 54.3 Å². The second-order valence-electron chi connectivity index (χ2n) is 7.68. The normalized spacial score (nSPS) is 15.4. The van der Waals surface area contributed by atoms with Gasteiger partial charge >= 0.3 is 0 Å². The zero-order valence-electron chi connectivity index (χ0n) is 17.4. The van der Waals surface area contributed by atoms with Gasteiger partial charge in [-0.15, -0.1) is 10.2 Å². The van der Waals surface area contributed by atoms with E-state index in [9.17, 15) is 4.79 Å². The lowest BCUT2D eigenvalue weighted by molar-refractivity contribution is -0.129. The first-order valence-electron chi connectivity index (χ1n) is 10.2. The molecule has 3 heterocycles. The molecule has 1 aromatic carbocycles. The molecule has 0 bridgehead atoms. The SMILES string of the molecule is CN1CCC(N(C)C(=O)CSc2nnc(-c3ccco3)n2Cc2ccccc2)CC1. The van der Waals surface area contributed by atoms with Crippen molar-refractivity contribution >= 4 is 17.7 Å². The number of thioether (sulfide) groups is 1. The molecular formula is C22H27N5O2S. The summed E-state index contributed by atoms with van der Waals surface area (Å²) in [5.74, 6) is 1.80. The van der Waals surface area contributed by atoms with Crippen LogP contribution in [-0.2, 0) is 11.3 Å². The van der Waals surface area contributed by atoms with Crippen molar-refractivity contribution in [2.45, 2.75) is 30.6 Å². The van der Waals surface area contributed by atoms with Crippen LogP contribution in [0.25, 0.3) is 11.6 Å². The number of hydrogen-bond donors (Lipinski definition) is 0. The minimum absolute atomic E-state index is 0.128. The highest BCUT2D eigenvalue weighted by atomic mass is 32.2. The fraction of sp³-hybridized carbons (Fsp3) is 0.409. The van der Waals surface area contributed by atoms with Gasteiger partial charge in [-0.2, -0.15) is 0 Å². The van der Waals surface area contributed by atoms with Gasteiger partial charge in [0.1, 0.15) is 0 Å². The van der Waals surface area contributed by atoms with Crippen LogP contribution in [0.2, 0.25) is 0 Å². The molecule has 3 aromatic rings. The van der Waals surface area contributed by atoms with E-state index in [0.29, 0.717) is 29.9 Å². The Balaban J connectivity index is 1.47. The summed E-state index contributed by atoms with van der Waals surface area (Å²) in [5, 5.41) is 9.42. The Labute approximate surface area is 181 Å². The molecular weight excluding hydrogens is 398 g/mol. The number of carbonyl (C=O) groups excluding carboxylic acids is 1. The van der Waals surface area contributed by atoms with Gasteiger partial charge in [0, 0.05) is 13.1 Å². The first-order valence-corrected chi connectivity index (χ1v) is 11.2. The molecule has 158 valence electrons. The average Bonchev–Trinajstić information content (AvgIpc) is 3.43. The van der Waals surface area contributed by atoms with E-state index in [1.807, 2.05) is 46.8 Å². The summed E-state index contributed by atoms with van der Waals surface area (Å²) in [6.07, 6.45) is 3.68. The highest BCUT2D eigenvalue weighted by Crippen LogP contribution is 2.26. The third kappa shape index (κ3) is 4.76. The fourth-order valence-corrected chi connectivity index (χ4v) is 4.57. The molecule has 0 atom stereocenters. The number of nitrogens with zero attached hydrogens (tertiary/aromatic N) is 5. The zero-order valence-corrected chi connectivity index (χ0v) is 18.2. The summed E-state index contributed by atoms with van der Waals surface area (Å²) in [6, 6.07) is 14.2. The number of amides is 1. The maximum absolute atomic E-state index is 12.8. The van der Waals surface area contributed by atoms with Crippen molar-refractivity contribution in [3.8, 4) is 11.6 Å². The molecule has 2 aromatic heterocycles. The van der Waals surface area contributed by atoms with E-state index in [1.54, 1.807) is 6.26 Å². The van der Waals surface area contributed by atoms with Gasteiger partial charge in [-0.1, -0.05) is 42.1 Å². The molecule has 0 radical (unpaired) electrons. The van der Waals surface area contributed by atoms with E-state index >= 15 is 0 Å². The van der Waals surface area contributed by atoms with Crippen LogP contribution in [0.15, 0.2) is 58.3 Å². The third-order valence-electron chi connectivity index (χ3n) is 5.60. The Hall–Kier alpha value is -2.58. The molecule has 0 N–H and O–H groups in total. The van der Waals surface area contributed by atoms with Gasteiger partial charge in [0.15, 0.2) is 10.9 Å². The van der Waals surface area contributed by atoms with E-state index in [-0.39, 0.29) is 5.91 Å². The number of aromatic nitrogens is 3. The van der Waals surface area contributed by atoms with Crippen molar-refractivity contribution in [3.63, 3.8) is 0 Å². The molecule has 1 aliphatic rings. The van der Waals surface area contributed by atoms with Crippen LogP contribution in [0.5, 0.6) is 0 Å². The second-order valence-corrected chi connectivity index (χ2v) is 8.63. The van der Waals surface area contributed by atoms with Gasteiger partial charge in [0.25, 0.3) is 0 Å². The van der Waals surface area contributed by atoms with Gasteiger partial charge in [-0.25, -0.2) is 0 Å². The maximum atomic E-state index is 12.8. The lowest BCUT2D eigenvalue weighted by atomic mass is 10.0. The molecule has 4 rings (SSSR count). The maximum Gasteiger partial charge on any atom is 0.233 e. The van der Waals surface area contributed by atoms with Crippen molar-refractivity contribution in [1.29, 1.82) is 0 Å². The minimum atomic E-state index is 0.128. The van der Waals surface area contributed by atoms with Gasteiger partial charge in [0.2, 0.25) is 11.7 Å². The Kier molecular flexibility index (Phi) is 6.54. The first-order chi connectivity index (χ1) is 14.6. The Morgan fingerprint density at radius 3 is 2.63 bits per heavy atom. The summed E-state index contributed by atoms with van der Waals surface area (Å²) in [7, 11) is 4.05. The lowest BCUT2D eigenvalue weighted by Crippen LogP contribution is -2.45. The Morgan fingerprint density at radius 1 is 1.17 bits per heavy atom. The molecule has 1 amide bonds. The standard InChI is InChI=1S/C22H27N5O2S/c1-25-12-10-18(11-13-25)26(2)20(28)16-30-22-24-23-21(19-9-6-14-29-19)27(22)15-17-7-4-3-5-8-17/h3-9,14,18H,10-13,15-16H2,1-2H3. The number of carbonyl (C=O) groups is 1. The van der Waals surface area contributed by atoms with Gasteiger partial charge in [0.05, 0.1) is 18.6 Å². The number of rotatable bonds is 7. The molecule has 1 saturated heterocycles. The largest absolute Gasteiger partial charge is 0.461 e. The predicted octanol–water partition coefficient (Wildman–Crippen LogP) is 3.23.